The fraction of sp³-hybridized carbons (Fsp3) is 0.100. The van der Waals surface area contributed by atoms with Crippen molar-refractivity contribution in [2.24, 2.45) is 10.2 Å². The lowest BCUT2D eigenvalue weighted by Gasteiger charge is -1.99. The van der Waals surface area contributed by atoms with Gasteiger partial charge in [-0.05, 0) is 11.0 Å². The maximum atomic E-state index is 10.9. The Balaban J connectivity index is 2.05. The Labute approximate surface area is 108 Å². The lowest BCUT2D eigenvalue weighted by Crippen LogP contribution is -2.29. The van der Waals surface area contributed by atoms with Gasteiger partial charge in [0, 0.05) is 0 Å². The number of nitrogens with one attached hydrogen (secondary N) is 1. The van der Waals surface area contributed by atoms with Crippen LogP contribution in [0.25, 0.3) is 0 Å². The number of rotatable bonds is 3. The number of hydrogen-bond donors (Lipinski definition) is 3. The molecule has 1 aliphatic rings. The average molecular weight is 263 g/mol. The van der Waals surface area contributed by atoms with Gasteiger partial charge in [0.05, 0.1) is 12.0 Å². The molecule has 1 heterocycles. The highest BCUT2D eigenvalue weighted by atomic mass is 32.2. The zero-order valence-corrected chi connectivity index (χ0v) is 10.1. The lowest BCUT2D eigenvalue weighted by atomic mass is 9.80. The molecule has 8 heteroatoms. The van der Waals surface area contributed by atoms with Gasteiger partial charge in [0.2, 0.25) is 5.91 Å². The van der Waals surface area contributed by atoms with E-state index < -0.39 is 7.12 Å². The molecule has 0 atom stereocenters. The second-order valence-corrected chi connectivity index (χ2v) is 4.49. The zero-order chi connectivity index (χ0) is 13.0. The summed E-state index contributed by atoms with van der Waals surface area (Å²) in [5, 5.41) is 28.7. The minimum absolute atomic E-state index is 0.0839. The SMILES string of the molecule is O=C1CSC(=NN=Cc2cccc(B(O)O)c2)N1. The first-order chi connectivity index (χ1) is 8.65. The predicted molar refractivity (Wildman–Crippen MR) is 71.9 cm³/mol. The summed E-state index contributed by atoms with van der Waals surface area (Å²) >= 11 is 1.29. The molecule has 1 aliphatic heterocycles. The van der Waals surface area contributed by atoms with Gasteiger partial charge in [-0.1, -0.05) is 36.0 Å². The van der Waals surface area contributed by atoms with Crippen LogP contribution in [0.15, 0.2) is 34.5 Å². The molecule has 1 saturated heterocycles. The summed E-state index contributed by atoms with van der Waals surface area (Å²) in [5.41, 5.74) is 1.08. The highest BCUT2D eigenvalue weighted by Crippen LogP contribution is 2.08. The summed E-state index contributed by atoms with van der Waals surface area (Å²) < 4.78 is 0. The van der Waals surface area contributed by atoms with Gasteiger partial charge in [0.25, 0.3) is 0 Å². The summed E-state index contributed by atoms with van der Waals surface area (Å²) in [6.07, 6.45) is 1.48. The van der Waals surface area contributed by atoms with Crippen LogP contribution in [0.4, 0.5) is 0 Å². The van der Waals surface area contributed by atoms with Crippen molar-refractivity contribution in [1.29, 1.82) is 0 Å². The van der Waals surface area contributed by atoms with Gasteiger partial charge >= 0.3 is 7.12 Å². The predicted octanol–water partition coefficient (Wildman–Crippen LogP) is -1.08. The van der Waals surface area contributed by atoms with Crippen molar-refractivity contribution >= 4 is 41.6 Å². The Bertz CT molecular complexity index is 519. The first kappa shape index (κ1) is 12.8. The molecule has 0 aromatic heterocycles. The monoisotopic (exact) mass is 263 g/mol. The number of nitrogens with zero attached hydrogens (tertiary/aromatic N) is 2. The van der Waals surface area contributed by atoms with Gasteiger partial charge in [-0.2, -0.15) is 5.10 Å². The molecule has 0 spiro atoms. The number of thioether (sulfide) groups is 1. The van der Waals surface area contributed by atoms with E-state index in [-0.39, 0.29) is 5.91 Å². The first-order valence-corrected chi connectivity index (χ1v) is 6.13. The third-order valence-electron chi connectivity index (χ3n) is 2.15. The summed E-state index contributed by atoms with van der Waals surface area (Å²) in [6, 6.07) is 6.64. The highest BCUT2D eigenvalue weighted by molar-refractivity contribution is 8.15. The van der Waals surface area contributed by atoms with E-state index >= 15 is 0 Å². The van der Waals surface area contributed by atoms with Crippen LogP contribution in [-0.4, -0.2) is 40.2 Å². The second-order valence-electron chi connectivity index (χ2n) is 3.53. The quantitative estimate of drug-likeness (QED) is 0.367. The Hall–Kier alpha value is -1.64. The first-order valence-electron chi connectivity index (χ1n) is 5.15. The molecule has 1 fully saturated rings. The molecule has 0 bridgehead atoms. The van der Waals surface area contributed by atoms with Crippen molar-refractivity contribution in [3.8, 4) is 0 Å². The van der Waals surface area contributed by atoms with Gasteiger partial charge < -0.3 is 15.4 Å². The Morgan fingerprint density at radius 3 is 2.94 bits per heavy atom. The molecule has 0 unspecified atom stereocenters. The smallest absolute Gasteiger partial charge is 0.423 e. The molecule has 6 nitrogen and oxygen atoms in total. The number of carbonyl (C=O) groups is 1. The van der Waals surface area contributed by atoms with Crippen LogP contribution in [0.3, 0.4) is 0 Å². The van der Waals surface area contributed by atoms with Crippen LogP contribution in [0.5, 0.6) is 0 Å². The summed E-state index contributed by atoms with van der Waals surface area (Å²) in [4.78, 5) is 10.9. The number of carbonyl (C=O) groups excluding carboxylic acids is 1. The van der Waals surface area contributed by atoms with Gasteiger partial charge in [-0.15, -0.1) is 5.10 Å². The number of benzene rings is 1. The molecule has 18 heavy (non-hydrogen) atoms. The summed E-state index contributed by atoms with van der Waals surface area (Å²) in [5.74, 6) is 0.278. The average Bonchev–Trinajstić information content (AvgIpc) is 2.75. The maximum absolute atomic E-state index is 10.9. The molecular weight excluding hydrogens is 253 g/mol. The Morgan fingerprint density at radius 2 is 2.28 bits per heavy atom. The number of amidine groups is 1. The molecule has 1 aromatic carbocycles. The van der Waals surface area contributed by atoms with Crippen molar-refractivity contribution in [3.63, 3.8) is 0 Å². The van der Waals surface area contributed by atoms with Crippen molar-refractivity contribution < 1.29 is 14.8 Å². The largest absolute Gasteiger partial charge is 0.488 e. The topological polar surface area (TPSA) is 94.3 Å². The van der Waals surface area contributed by atoms with E-state index in [1.165, 1.54) is 18.0 Å². The fourth-order valence-corrected chi connectivity index (χ4v) is 1.96. The number of hydrogen-bond acceptors (Lipinski definition) is 6. The minimum Gasteiger partial charge on any atom is -0.423 e. The Morgan fingerprint density at radius 1 is 1.44 bits per heavy atom. The summed E-state index contributed by atoms with van der Waals surface area (Å²) in [6.45, 7) is 0. The van der Waals surface area contributed by atoms with Crippen molar-refractivity contribution in [2.45, 2.75) is 0 Å². The second kappa shape index (κ2) is 5.81. The van der Waals surface area contributed by atoms with E-state index in [4.69, 9.17) is 10.0 Å². The van der Waals surface area contributed by atoms with E-state index in [0.717, 1.165) is 0 Å². The standard InChI is InChI=1S/C10H10BN3O3S/c15-9-6-18-10(13-9)14-12-5-7-2-1-3-8(4-7)11(16)17/h1-5,16-17H,6H2,(H,13,14,15). The Kier molecular flexibility index (Phi) is 4.13. The minimum atomic E-state index is -1.51. The molecule has 0 aliphatic carbocycles. The molecule has 0 radical (unpaired) electrons. The zero-order valence-electron chi connectivity index (χ0n) is 9.28. The van der Waals surface area contributed by atoms with Crippen LogP contribution in [0, 0.1) is 0 Å². The molecule has 92 valence electrons. The lowest BCUT2D eigenvalue weighted by molar-refractivity contribution is -0.116. The van der Waals surface area contributed by atoms with Gasteiger partial charge in [-0.25, -0.2) is 0 Å². The molecule has 0 saturated carbocycles. The van der Waals surface area contributed by atoms with E-state index in [9.17, 15) is 4.79 Å². The third-order valence-corrected chi connectivity index (χ3v) is 3.01. The molecule has 2 rings (SSSR count). The van der Waals surface area contributed by atoms with E-state index in [2.05, 4.69) is 15.5 Å². The molecule has 3 N–H and O–H groups in total. The van der Waals surface area contributed by atoms with Crippen molar-refractivity contribution in [2.75, 3.05) is 5.75 Å². The van der Waals surface area contributed by atoms with Crippen molar-refractivity contribution in [3.05, 3.63) is 29.8 Å². The van der Waals surface area contributed by atoms with Crippen LogP contribution in [-0.2, 0) is 4.79 Å². The molecule has 1 amide bonds. The van der Waals surface area contributed by atoms with E-state index in [1.807, 2.05) is 0 Å². The highest BCUT2D eigenvalue weighted by Gasteiger charge is 2.15. The fourth-order valence-electron chi connectivity index (χ4n) is 1.33. The van der Waals surface area contributed by atoms with Crippen LogP contribution >= 0.6 is 11.8 Å². The van der Waals surface area contributed by atoms with Gasteiger partial charge in [-0.3, -0.25) is 4.79 Å². The van der Waals surface area contributed by atoms with Crippen LogP contribution in [0.1, 0.15) is 5.56 Å². The van der Waals surface area contributed by atoms with E-state index in [0.29, 0.717) is 21.9 Å². The van der Waals surface area contributed by atoms with Crippen LogP contribution in [0.2, 0.25) is 0 Å². The summed E-state index contributed by atoms with van der Waals surface area (Å²) in [7, 11) is -1.51. The third kappa shape index (κ3) is 3.43. The van der Waals surface area contributed by atoms with E-state index in [1.54, 1.807) is 24.3 Å². The van der Waals surface area contributed by atoms with Gasteiger partial charge in [0.1, 0.15) is 0 Å². The normalized spacial score (nSPS) is 17.4. The maximum Gasteiger partial charge on any atom is 0.488 e. The number of amides is 1. The van der Waals surface area contributed by atoms with Gasteiger partial charge in [0.15, 0.2) is 5.17 Å². The molecular formula is C10H10BN3O3S. The molecule has 1 aromatic rings. The van der Waals surface area contributed by atoms with Crippen LogP contribution < -0.4 is 10.8 Å². The van der Waals surface area contributed by atoms with Crippen molar-refractivity contribution in [1.82, 2.24) is 5.32 Å².